The lowest BCUT2D eigenvalue weighted by molar-refractivity contribution is -0.00198. The predicted molar refractivity (Wildman–Crippen MR) is 78.7 cm³/mol. The van der Waals surface area contributed by atoms with Gasteiger partial charge in [0.05, 0.1) is 22.3 Å². The van der Waals surface area contributed by atoms with Gasteiger partial charge in [0.2, 0.25) is 0 Å². The third-order valence-corrected chi connectivity index (χ3v) is 6.43. The molecule has 2 aliphatic heterocycles. The average molecular weight is 309 g/mol. The van der Waals surface area contributed by atoms with Crippen molar-refractivity contribution in [3.8, 4) is 6.07 Å². The molecule has 5 atom stereocenters. The van der Waals surface area contributed by atoms with Crippen molar-refractivity contribution >= 4 is 23.5 Å². The zero-order valence-corrected chi connectivity index (χ0v) is 12.6. The van der Waals surface area contributed by atoms with E-state index in [9.17, 15) is 5.11 Å². The van der Waals surface area contributed by atoms with Gasteiger partial charge in [-0.1, -0.05) is 0 Å². The van der Waals surface area contributed by atoms with Crippen LogP contribution in [-0.4, -0.2) is 47.0 Å². The number of hydrogen-bond acceptors (Lipinski definition) is 6. The standard InChI is InChI=1S/C14H15NO3S2/c1-17-12-10-7-19-14(13(18-10)11(12)16)20-9-4-2-8(6-15)3-5-9/h2-5,10-14,16H,7H2,1H3/t10-,11+,12-,13+,14-/m1/s1. The lowest BCUT2D eigenvalue weighted by Gasteiger charge is -2.28. The van der Waals surface area contributed by atoms with Crippen molar-refractivity contribution in [2.24, 2.45) is 0 Å². The van der Waals surface area contributed by atoms with Crippen LogP contribution in [0, 0.1) is 11.3 Å². The fourth-order valence-electron chi connectivity index (χ4n) is 2.54. The lowest BCUT2D eigenvalue weighted by Crippen LogP contribution is -2.35. The molecule has 0 aromatic heterocycles. The lowest BCUT2D eigenvalue weighted by atomic mass is 10.1. The van der Waals surface area contributed by atoms with Crippen LogP contribution < -0.4 is 0 Å². The quantitative estimate of drug-likeness (QED) is 0.919. The molecule has 2 fully saturated rings. The molecule has 2 saturated heterocycles. The summed E-state index contributed by atoms with van der Waals surface area (Å²) < 4.78 is 11.4. The first-order valence-electron chi connectivity index (χ1n) is 6.37. The summed E-state index contributed by atoms with van der Waals surface area (Å²) in [4.78, 5) is 1.08. The summed E-state index contributed by atoms with van der Waals surface area (Å²) in [5.41, 5.74) is 0.655. The Morgan fingerprint density at radius 1 is 1.45 bits per heavy atom. The van der Waals surface area contributed by atoms with Crippen LogP contribution in [0.15, 0.2) is 29.2 Å². The van der Waals surface area contributed by atoms with Crippen molar-refractivity contribution < 1.29 is 14.6 Å². The number of methoxy groups -OCH3 is 1. The van der Waals surface area contributed by atoms with E-state index in [1.165, 1.54) is 0 Å². The Morgan fingerprint density at radius 3 is 2.85 bits per heavy atom. The number of aliphatic hydroxyl groups excluding tert-OH is 1. The van der Waals surface area contributed by atoms with Crippen molar-refractivity contribution in [3.63, 3.8) is 0 Å². The highest BCUT2D eigenvalue weighted by Gasteiger charge is 2.51. The summed E-state index contributed by atoms with van der Waals surface area (Å²) in [6, 6.07) is 9.60. The molecule has 0 radical (unpaired) electrons. The van der Waals surface area contributed by atoms with E-state index in [1.807, 2.05) is 24.3 Å². The van der Waals surface area contributed by atoms with Crippen molar-refractivity contribution in [2.45, 2.75) is 33.9 Å². The van der Waals surface area contributed by atoms with Crippen LogP contribution >= 0.6 is 23.5 Å². The van der Waals surface area contributed by atoms with Gasteiger partial charge in [0, 0.05) is 17.8 Å². The minimum Gasteiger partial charge on any atom is -0.388 e. The van der Waals surface area contributed by atoms with Gasteiger partial charge in [0.15, 0.2) is 0 Å². The number of aliphatic hydroxyl groups is 1. The van der Waals surface area contributed by atoms with Gasteiger partial charge in [-0.2, -0.15) is 5.26 Å². The highest BCUT2D eigenvalue weighted by Crippen LogP contribution is 2.45. The molecule has 1 N–H and O–H groups in total. The number of ether oxygens (including phenoxy) is 2. The highest BCUT2D eigenvalue weighted by atomic mass is 32.2. The number of rotatable bonds is 3. The Bertz CT molecular complexity index is 516. The van der Waals surface area contributed by atoms with Gasteiger partial charge in [0.25, 0.3) is 0 Å². The number of thioether (sulfide) groups is 2. The third kappa shape index (κ3) is 2.57. The van der Waals surface area contributed by atoms with Crippen molar-refractivity contribution in [1.82, 2.24) is 0 Å². The summed E-state index contributed by atoms with van der Waals surface area (Å²) in [7, 11) is 1.62. The van der Waals surface area contributed by atoms with E-state index in [0.717, 1.165) is 10.6 Å². The summed E-state index contributed by atoms with van der Waals surface area (Å²) in [5.74, 6) is 0.833. The van der Waals surface area contributed by atoms with E-state index in [2.05, 4.69) is 6.07 Å². The van der Waals surface area contributed by atoms with Gasteiger partial charge >= 0.3 is 0 Å². The van der Waals surface area contributed by atoms with E-state index < -0.39 is 6.10 Å². The predicted octanol–water partition coefficient (Wildman–Crippen LogP) is 1.87. The number of fused-ring (bicyclic) bond motifs is 2. The van der Waals surface area contributed by atoms with Gasteiger partial charge in [0.1, 0.15) is 18.3 Å². The van der Waals surface area contributed by atoms with E-state index in [1.54, 1.807) is 30.6 Å². The molecule has 20 heavy (non-hydrogen) atoms. The second-order valence-electron chi connectivity index (χ2n) is 4.79. The molecular formula is C14H15NO3S2. The molecule has 0 saturated carbocycles. The van der Waals surface area contributed by atoms with Crippen LogP contribution in [-0.2, 0) is 9.47 Å². The van der Waals surface area contributed by atoms with Gasteiger partial charge < -0.3 is 14.6 Å². The summed E-state index contributed by atoms with van der Waals surface area (Å²) in [6.07, 6.45) is -1.01. The molecule has 0 aliphatic carbocycles. The molecule has 106 valence electrons. The molecule has 3 rings (SSSR count). The summed E-state index contributed by atoms with van der Waals surface area (Å²) in [5, 5.41) is 19.1. The number of nitrogens with zero attached hydrogens (tertiary/aromatic N) is 1. The van der Waals surface area contributed by atoms with Crippen LogP contribution in [0.1, 0.15) is 5.56 Å². The van der Waals surface area contributed by atoms with Gasteiger partial charge in [-0.25, -0.2) is 0 Å². The van der Waals surface area contributed by atoms with Crippen LogP contribution in [0.3, 0.4) is 0 Å². The van der Waals surface area contributed by atoms with Gasteiger partial charge in [-0.15, -0.1) is 23.5 Å². The monoisotopic (exact) mass is 309 g/mol. The molecule has 4 nitrogen and oxygen atoms in total. The normalized spacial score (nSPS) is 35.8. The fraction of sp³-hybridized carbons (Fsp3) is 0.500. The van der Waals surface area contributed by atoms with Crippen LogP contribution in [0.5, 0.6) is 0 Å². The molecule has 1 aromatic carbocycles. The zero-order valence-electron chi connectivity index (χ0n) is 10.9. The van der Waals surface area contributed by atoms with Crippen molar-refractivity contribution in [3.05, 3.63) is 29.8 Å². The summed E-state index contributed by atoms with van der Waals surface area (Å²) in [6.45, 7) is 0. The molecule has 0 unspecified atom stereocenters. The maximum atomic E-state index is 10.3. The molecule has 2 bridgehead atoms. The van der Waals surface area contributed by atoms with Crippen LogP contribution in [0.2, 0.25) is 0 Å². The van der Waals surface area contributed by atoms with E-state index in [4.69, 9.17) is 14.7 Å². The maximum absolute atomic E-state index is 10.3. The van der Waals surface area contributed by atoms with Crippen molar-refractivity contribution in [2.75, 3.05) is 12.9 Å². The maximum Gasteiger partial charge on any atom is 0.113 e. The number of nitriles is 1. The Hall–Kier alpha value is -0.710. The fourth-order valence-corrected chi connectivity index (χ4v) is 5.37. The molecule has 1 aromatic rings. The molecule has 0 spiro atoms. The molecule has 6 heteroatoms. The first-order chi connectivity index (χ1) is 9.72. The number of hydrogen-bond donors (Lipinski definition) is 1. The topological polar surface area (TPSA) is 62.5 Å². The summed E-state index contributed by atoms with van der Waals surface area (Å²) >= 11 is 3.47. The third-order valence-electron chi connectivity index (χ3n) is 3.57. The minimum absolute atomic E-state index is 0.0113. The van der Waals surface area contributed by atoms with E-state index >= 15 is 0 Å². The van der Waals surface area contributed by atoms with Gasteiger partial charge in [-0.05, 0) is 24.3 Å². The Morgan fingerprint density at radius 2 is 2.20 bits per heavy atom. The second kappa shape index (κ2) is 5.96. The first-order valence-corrected chi connectivity index (χ1v) is 8.30. The Labute approximate surface area is 126 Å². The first kappa shape index (κ1) is 14.2. The Balaban J connectivity index is 1.70. The molecule has 2 aliphatic rings. The average Bonchev–Trinajstić information content (AvgIpc) is 2.74. The van der Waals surface area contributed by atoms with Crippen LogP contribution in [0.25, 0.3) is 0 Å². The smallest absolute Gasteiger partial charge is 0.113 e. The van der Waals surface area contributed by atoms with Crippen LogP contribution in [0.4, 0.5) is 0 Å². The molecular weight excluding hydrogens is 294 g/mol. The largest absolute Gasteiger partial charge is 0.388 e. The molecule has 2 heterocycles. The Kier molecular flexibility index (Phi) is 4.24. The van der Waals surface area contributed by atoms with E-state index in [0.29, 0.717) is 5.56 Å². The van der Waals surface area contributed by atoms with E-state index in [-0.39, 0.29) is 22.9 Å². The van der Waals surface area contributed by atoms with Crippen molar-refractivity contribution in [1.29, 1.82) is 5.26 Å². The SMILES string of the molecule is CO[C@H]1[C@H](O)[C@@H]2O[C@@H]1CS[C@@H]2Sc1ccc(C#N)cc1. The minimum atomic E-state index is -0.573. The van der Waals surface area contributed by atoms with Gasteiger partial charge in [-0.3, -0.25) is 0 Å². The second-order valence-corrected chi connectivity index (χ2v) is 7.47. The highest BCUT2D eigenvalue weighted by molar-refractivity contribution is 8.17. The zero-order chi connectivity index (χ0) is 14.1. The number of benzene rings is 1. The molecule has 0 amide bonds.